The van der Waals surface area contributed by atoms with E-state index >= 15 is 0 Å². The van der Waals surface area contributed by atoms with Crippen LogP contribution in [-0.2, 0) is 11.3 Å². The highest BCUT2D eigenvalue weighted by atomic mass is 32.2. The minimum absolute atomic E-state index is 0.108. The van der Waals surface area contributed by atoms with E-state index < -0.39 is 11.2 Å². The third kappa shape index (κ3) is 3.81. The fourth-order valence-electron chi connectivity index (χ4n) is 2.18. The van der Waals surface area contributed by atoms with Crippen molar-refractivity contribution in [3.8, 4) is 6.07 Å². The molecule has 0 aliphatic rings. The molecule has 3 aromatic rings. The Bertz CT molecular complexity index is 1080. The van der Waals surface area contributed by atoms with E-state index in [2.05, 4.69) is 15.3 Å². The number of nitrogens with zero attached hydrogens (tertiary/aromatic N) is 1. The molecule has 3 N–H and O–H groups in total. The summed E-state index contributed by atoms with van der Waals surface area (Å²) in [4.78, 5) is 39.8. The Hall–Kier alpha value is -2.83. The molecule has 126 valence electrons. The van der Waals surface area contributed by atoms with Crippen LogP contribution >= 0.6 is 23.1 Å². The molecular weight excluding hydrogens is 360 g/mol. The van der Waals surface area contributed by atoms with Gasteiger partial charge in [-0.15, -0.1) is 23.1 Å². The van der Waals surface area contributed by atoms with Crippen molar-refractivity contribution >= 4 is 39.2 Å². The lowest BCUT2D eigenvalue weighted by Gasteiger charge is -2.04. The Labute approximate surface area is 149 Å². The molecule has 0 saturated heterocycles. The second-order valence-electron chi connectivity index (χ2n) is 5.04. The standard InChI is InChI=1S/C16H12N4O3S2/c17-6-10-12-13(14(22)20-16(23)19-12)25-15(10)24-8-11(21)18-7-9-4-2-1-3-5-9/h1-5H,7-8H2,(H,18,21)(H2,19,20,22,23). The highest BCUT2D eigenvalue weighted by Crippen LogP contribution is 2.34. The van der Waals surface area contributed by atoms with E-state index in [-0.39, 0.29) is 27.4 Å². The van der Waals surface area contributed by atoms with E-state index in [4.69, 9.17) is 0 Å². The molecule has 7 nitrogen and oxygen atoms in total. The maximum absolute atomic E-state index is 12.0. The smallest absolute Gasteiger partial charge is 0.326 e. The topological polar surface area (TPSA) is 119 Å². The van der Waals surface area contributed by atoms with Crippen LogP contribution in [-0.4, -0.2) is 21.6 Å². The molecule has 0 saturated carbocycles. The summed E-state index contributed by atoms with van der Waals surface area (Å²) >= 11 is 2.25. The van der Waals surface area contributed by atoms with Crippen molar-refractivity contribution in [2.45, 2.75) is 10.8 Å². The zero-order valence-corrected chi connectivity index (χ0v) is 14.4. The molecule has 0 bridgehead atoms. The zero-order chi connectivity index (χ0) is 17.8. The molecule has 2 aromatic heterocycles. The lowest BCUT2D eigenvalue weighted by atomic mass is 10.2. The van der Waals surface area contributed by atoms with Crippen molar-refractivity contribution < 1.29 is 4.79 Å². The van der Waals surface area contributed by atoms with Crippen LogP contribution in [0.2, 0.25) is 0 Å². The van der Waals surface area contributed by atoms with Crippen molar-refractivity contribution in [2.24, 2.45) is 0 Å². The number of hydrogen-bond donors (Lipinski definition) is 3. The summed E-state index contributed by atoms with van der Waals surface area (Å²) in [6, 6.07) is 11.5. The molecule has 0 radical (unpaired) electrons. The van der Waals surface area contributed by atoms with Gasteiger partial charge in [-0.3, -0.25) is 14.6 Å². The van der Waals surface area contributed by atoms with Crippen LogP contribution < -0.4 is 16.6 Å². The minimum Gasteiger partial charge on any atom is -0.351 e. The van der Waals surface area contributed by atoms with E-state index in [0.29, 0.717) is 10.8 Å². The van der Waals surface area contributed by atoms with Crippen LogP contribution in [0.15, 0.2) is 44.1 Å². The molecule has 0 unspecified atom stereocenters. The van der Waals surface area contributed by atoms with Gasteiger partial charge in [0.2, 0.25) is 5.91 Å². The molecule has 1 aromatic carbocycles. The predicted octanol–water partition coefficient (Wildman–Crippen LogP) is 1.56. The third-order valence-electron chi connectivity index (χ3n) is 3.33. The van der Waals surface area contributed by atoms with Gasteiger partial charge in [-0.25, -0.2) is 4.79 Å². The van der Waals surface area contributed by atoms with Gasteiger partial charge in [0.25, 0.3) is 5.56 Å². The number of thiophene rings is 1. The number of fused-ring (bicyclic) bond motifs is 1. The second kappa shape index (κ2) is 7.38. The summed E-state index contributed by atoms with van der Waals surface area (Å²) in [5.74, 6) is -0.0752. The first-order valence-corrected chi connectivity index (χ1v) is 9.01. The Balaban J connectivity index is 1.72. The summed E-state index contributed by atoms with van der Waals surface area (Å²) in [6.07, 6.45) is 0. The van der Waals surface area contributed by atoms with Gasteiger partial charge in [0.1, 0.15) is 16.3 Å². The molecule has 0 spiro atoms. The van der Waals surface area contributed by atoms with Crippen molar-refractivity contribution in [1.82, 2.24) is 15.3 Å². The Morgan fingerprint density at radius 3 is 2.72 bits per heavy atom. The zero-order valence-electron chi connectivity index (χ0n) is 12.8. The Morgan fingerprint density at radius 2 is 2.00 bits per heavy atom. The number of benzene rings is 1. The van der Waals surface area contributed by atoms with Crippen LogP contribution in [0.25, 0.3) is 10.2 Å². The van der Waals surface area contributed by atoms with Crippen LogP contribution in [0, 0.1) is 11.3 Å². The molecule has 0 aliphatic heterocycles. The first-order valence-electron chi connectivity index (χ1n) is 7.21. The van der Waals surface area contributed by atoms with E-state index in [0.717, 1.165) is 28.7 Å². The predicted molar refractivity (Wildman–Crippen MR) is 96.8 cm³/mol. The number of carbonyl (C=O) groups excluding carboxylic acids is 1. The molecule has 3 rings (SSSR count). The highest BCUT2D eigenvalue weighted by molar-refractivity contribution is 8.02. The quantitative estimate of drug-likeness (QED) is 0.587. The summed E-state index contributed by atoms with van der Waals surface area (Å²) in [7, 11) is 0. The van der Waals surface area contributed by atoms with Crippen molar-refractivity contribution in [3.05, 3.63) is 62.3 Å². The van der Waals surface area contributed by atoms with Gasteiger partial charge >= 0.3 is 5.69 Å². The van der Waals surface area contributed by atoms with Gasteiger partial charge < -0.3 is 10.3 Å². The van der Waals surface area contributed by atoms with Gasteiger partial charge in [0.05, 0.1) is 15.5 Å². The van der Waals surface area contributed by atoms with Crippen molar-refractivity contribution in [2.75, 3.05) is 5.75 Å². The molecule has 2 heterocycles. The van der Waals surface area contributed by atoms with Crippen molar-refractivity contribution in [3.63, 3.8) is 0 Å². The number of aromatic amines is 2. The number of hydrogen-bond acceptors (Lipinski definition) is 6. The maximum Gasteiger partial charge on any atom is 0.326 e. The summed E-state index contributed by atoms with van der Waals surface area (Å²) in [6.45, 7) is 0.421. The number of nitrogens with one attached hydrogen (secondary N) is 3. The molecule has 0 aliphatic carbocycles. The molecular formula is C16H12N4O3S2. The first-order chi connectivity index (χ1) is 12.1. The number of amides is 1. The summed E-state index contributed by atoms with van der Waals surface area (Å²) in [5.41, 5.74) is 0.214. The lowest BCUT2D eigenvalue weighted by Crippen LogP contribution is -2.24. The van der Waals surface area contributed by atoms with Gasteiger partial charge in [0, 0.05) is 6.54 Å². The normalized spacial score (nSPS) is 10.5. The van der Waals surface area contributed by atoms with E-state index in [9.17, 15) is 19.6 Å². The van der Waals surface area contributed by atoms with E-state index in [1.165, 1.54) is 0 Å². The Kier molecular flexibility index (Phi) is 5.02. The monoisotopic (exact) mass is 372 g/mol. The van der Waals surface area contributed by atoms with Crippen LogP contribution in [0.1, 0.15) is 11.1 Å². The highest BCUT2D eigenvalue weighted by Gasteiger charge is 2.17. The molecule has 0 atom stereocenters. The molecule has 9 heteroatoms. The van der Waals surface area contributed by atoms with Crippen LogP contribution in [0.5, 0.6) is 0 Å². The fraction of sp³-hybridized carbons (Fsp3) is 0.125. The maximum atomic E-state index is 12.0. The average Bonchev–Trinajstić information content (AvgIpc) is 2.96. The van der Waals surface area contributed by atoms with Gasteiger partial charge in [-0.1, -0.05) is 30.3 Å². The van der Waals surface area contributed by atoms with Crippen molar-refractivity contribution in [1.29, 1.82) is 5.26 Å². The summed E-state index contributed by atoms with van der Waals surface area (Å²) < 4.78 is 0.794. The lowest BCUT2D eigenvalue weighted by molar-refractivity contribution is -0.118. The number of rotatable bonds is 5. The number of nitriles is 1. The SMILES string of the molecule is N#Cc1c(SCC(=O)NCc2ccccc2)sc2c(=O)[nH]c(=O)[nH]c12. The number of thioether (sulfide) groups is 1. The summed E-state index contributed by atoms with van der Waals surface area (Å²) in [5, 5.41) is 12.1. The third-order valence-corrected chi connectivity index (χ3v) is 5.79. The molecule has 0 fully saturated rings. The number of carbonyl (C=O) groups is 1. The van der Waals surface area contributed by atoms with Gasteiger partial charge in [-0.05, 0) is 5.56 Å². The fourth-order valence-corrected chi connectivity index (χ4v) is 4.33. The van der Waals surface area contributed by atoms with E-state index in [1.807, 2.05) is 36.4 Å². The molecule has 25 heavy (non-hydrogen) atoms. The van der Waals surface area contributed by atoms with Gasteiger partial charge in [0.15, 0.2) is 0 Å². The largest absolute Gasteiger partial charge is 0.351 e. The van der Waals surface area contributed by atoms with Crippen LogP contribution in [0.3, 0.4) is 0 Å². The van der Waals surface area contributed by atoms with E-state index in [1.54, 1.807) is 0 Å². The Morgan fingerprint density at radius 1 is 1.24 bits per heavy atom. The second-order valence-corrected chi connectivity index (χ2v) is 7.30. The molecule has 1 amide bonds. The van der Waals surface area contributed by atoms with Crippen LogP contribution in [0.4, 0.5) is 0 Å². The first kappa shape index (κ1) is 17.0. The average molecular weight is 372 g/mol. The minimum atomic E-state index is -0.663. The number of aromatic nitrogens is 2. The van der Waals surface area contributed by atoms with Gasteiger partial charge in [-0.2, -0.15) is 5.26 Å². The number of H-pyrrole nitrogens is 2.